The molecule has 0 fully saturated rings. The van der Waals surface area contributed by atoms with Crippen LogP contribution in [0.15, 0.2) is 122 Å². The summed E-state index contributed by atoms with van der Waals surface area (Å²) in [7, 11) is 13.2. The molecule has 0 aliphatic heterocycles. The molecule has 0 aliphatic carbocycles. The van der Waals surface area contributed by atoms with Crippen LogP contribution in [0.25, 0.3) is 6.08 Å². The molecule has 0 saturated heterocycles. The molecule has 32 heavy (non-hydrogen) atoms. The van der Waals surface area contributed by atoms with Crippen molar-refractivity contribution in [2.75, 3.05) is 0 Å². The minimum atomic E-state index is -2.21. The zero-order valence-electron chi connectivity index (χ0n) is 17.7. The molecule has 4 aromatic rings. The first kappa shape index (κ1) is 25.2. The summed E-state index contributed by atoms with van der Waals surface area (Å²) in [6.45, 7) is 3.88. The second-order valence-corrected chi connectivity index (χ2v) is 24.6. The van der Waals surface area contributed by atoms with Crippen molar-refractivity contribution in [1.29, 1.82) is 0 Å². The molecule has 160 valence electrons. The number of benzene rings is 4. The van der Waals surface area contributed by atoms with Gasteiger partial charge in [-0.15, -0.1) is 0 Å². The van der Waals surface area contributed by atoms with Crippen LogP contribution in [0, 0.1) is 0 Å². The van der Waals surface area contributed by atoms with Crippen LogP contribution in [0.2, 0.25) is 0 Å². The summed E-state index contributed by atoms with van der Waals surface area (Å²) in [6, 6.07) is 41.9. The van der Waals surface area contributed by atoms with Crippen LogP contribution < -0.4 is 15.9 Å². The van der Waals surface area contributed by atoms with E-state index in [0.29, 0.717) is 0 Å². The molecular weight excluding hydrogens is 527 g/mol. The number of rotatable bonds is 6. The van der Waals surface area contributed by atoms with Crippen molar-refractivity contribution in [3.8, 4) is 0 Å². The number of hydrogen-bond acceptors (Lipinski definition) is 0. The minimum absolute atomic E-state index is 1.00. The molecule has 0 atom stereocenters. The van der Waals surface area contributed by atoms with Gasteiger partial charge in [0.2, 0.25) is 0 Å². The van der Waals surface area contributed by atoms with Gasteiger partial charge in [-0.25, -0.2) is 0 Å². The molecule has 0 aromatic heterocycles. The van der Waals surface area contributed by atoms with Crippen LogP contribution in [-0.4, -0.2) is 0 Å². The predicted octanol–water partition coefficient (Wildman–Crippen LogP) is 7.89. The van der Waals surface area contributed by atoms with E-state index in [2.05, 4.69) is 122 Å². The van der Waals surface area contributed by atoms with Crippen molar-refractivity contribution in [3.05, 3.63) is 133 Å². The van der Waals surface area contributed by atoms with Gasteiger partial charge in [0.05, 0.1) is 6.16 Å². The fraction of sp³-hybridized carbons (Fsp3) is 0.0370. The third kappa shape index (κ3) is 6.54. The topological polar surface area (TPSA) is 0 Å². The van der Waals surface area contributed by atoms with Gasteiger partial charge in [0.1, 0.15) is 23.2 Å². The molecule has 0 heterocycles. The molecule has 0 spiro atoms. The predicted molar refractivity (Wildman–Crippen MR) is 143 cm³/mol. The summed E-state index contributed by atoms with van der Waals surface area (Å²) in [5.74, 6) is 0. The van der Waals surface area contributed by atoms with Gasteiger partial charge >= 0.3 is 42.1 Å². The van der Waals surface area contributed by atoms with E-state index in [9.17, 15) is 0 Å². The third-order valence-corrected chi connectivity index (χ3v) is 9.60. The zero-order valence-corrected chi connectivity index (χ0v) is 23.9. The molecule has 0 unspecified atom stereocenters. The van der Waals surface area contributed by atoms with Crippen LogP contribution in [0.3, 0.4) is 0 Å². The van der Waals surface area contributed by atoms with Crippen LogP contribution in [0.1, 0.15) is 11.1 Å². The molecule has 5 heteroatoms. The van der Waals surface area contributed by atoms with E-state index in [-0.39, 0.29) is 0 Å². The first-order valence-corrected chi connectivity index (χ1v) is 24.1. The first-order chi connectivity index (χ1) is 15.6. The maximum absolute atomic E-state index is 5.01. The average molecular weight is 551 g/mol. The summed E-state index contributed by atoms with van der Waals surface area (Å²) in [6.07, 6.45) is 2.90. The Morgan fingerprint density at radius 1 is 0.594 bits per heavy atom. The number of hydrogen-bond donors (Lipinski definition) is 0. The first-order valence-electron chi connectivity index (χ1n) is 10.4. The standard InChI is InChI=1S/C27H24P.3ClH.Zn/c1-2-23-18-20-24(21-19-23)22-28(25-12-6-3-7-13-25,26-14-8-4-9-15-26)27-16-10-5-11-17-27;;;;/h2-21H,1,22H2;3*1H;/q+1;;;;+2/p-3. The van der Waals surface area contributed by atoms with Gasteiger partial charge in [-0.05, 0) is 47.5 Å². The van der Waals surface area contributed by atoms with E-state index < -0.39 is 20.2 Å². The molecule has 0 amide bonds. The van der Waals surface area contributed by atoms with Crippen molar-refractivity contribution >= 4 is 58.3 Å². The Morgan fingerprint density at radius 3 is 1.25 bits per heavy atom. The summed E-state index contributed by atoms with van der Waals surface area (Å²) in [5.41, 5.74) is 2.52. The Bertz CT molecular complexity index is 987. The Balaban J connectivity index is 0.000000668. The average Bonchev–Trinajstić information content (AvgIpc) is 2.84. The molecule has 0 radical (unpaired) electrons. The van der Waals surface area contributed by atoms with Crippen molar-refractivity contribution in [1.82, 2.24) is 0 Å². The fourth-order valence-corrected chi connectivity index (χ4v) is 8.05. The molecule has 0 nitrogen and oxygen atoms in total. The van der Waals surface area contributed by atoms with Crippen molar-refractivity contribution in [2.24, 2.45) is 0 Å². The van der Waals surface area contributed by atoms with Crippen LogP contribution in [0.5, 0.6) is 0 Å². The molecule has 0 saturated carbocycles. The van der Waals surface area contributed by atoms with Gasteiger partial charge in [0.25, 0.3) is 0 Å². The van der Waals surface area contributed by atoms with Crippen molar-refractivity contribution in [2.45, 2.75) is 6.16 Å². The van der Waals surface area contributed by atoms with E-state index in [1.165, 1.54) is 21.5 Å². The van der Waals surface area contributed by atoms with Gasteiger partial charge in [0, 0.05) is 0 Å². The van der Waals surface area contributed by atoms with Gasteiger partial charge < -0.3 is 0 Å². The normalized spacial score (nSPS) is 10.6. The second kappa shape index (κ2) is 12.7. The van der Waals surface area contributed by atoms with Crippen LogP contribution in [0.4, 0.5) is 0 Å². The summed E-state index contributed by atoms with van der Waals surface area (Å²) >= 11 is -2.21. The number of halogens is 3. The molecule has 4 aromatic carbocycles. The van der Waals surface area contributed by atoms with Crippen molar-refractivity contribution < 1.29 is 13.0 Å². The van der Waals surface area contributed by atoms with E-state index in [1.54, 1.807) is 0 Å². The molecule has 4 rings (SSSR count). The van der Waals surface area contributed by atoms with Gasteiger partial charge in [0.15, 0.2) is 0 Å². The molecule has 0 bridgehead atoms. The van der Waals surface area contributed by atoms with E-state index >= 15 is 0 Å². The summed E-state index contributed by atoms with van der Waals surface area (Å²) in [4.78, 5) is 0. The molecule has 0 aliphatic rings. The summed E-state index contributed by atoms with van der Waals surface area (Å²) in [5, 5.41) is 4.25. The summed E-state index contributed by atoms with van der Waals surface area (Å²) < 4.78 is 0. The SMILES string of the molecule is C=Cc1ccc(C[P+](c2ccccc2)(c2ccccc2)c2ccccc2)cc1.[Cl][Zn-]([Cl])[Cl]. The quantitative estimate of drug-likeness (QED) is 0.169. The monoisotopic (exact) mass is 548 g/mol. The van der Waals surface area contributed by atoms with Gasteiger partial charge in [-0.3, -0.25) is 0 Å². The van der Waals surface area contributed by atoms with Crippen molar-refractivity contribution in [3.63, 3.8) is 0 Å². The Hall–Kier alpha value is -1.46. The molecular formula is C27H24Cl3PZn. The fourth-order valence-electron chi connectivity index (χ4n) is 3.80. The van der Waals surface area contributed by atoms with E-state index in [1.807, 2.05) is 6.08 Å². The maximum atomic E-state index is 5.01. The van der Waals surface area contributed by atoms with Gasteiger partial charge in [-0.2, -0.15) is 0 Å². The Labute approximate surface area is 209 Å². The van der Waals surface area contributed by atoms with Crippen LogP contribution >= 0.6 is 36.3 Å². The van der Waals surface area contributed by atoms with E-state index in [4.69, 9.17) is 29.1 Å². The van der Waals surface area contributed by atoms with Gasteiger partial charge in [-0.1, -0.05) is 91.5 Å². The van der Waals surface area contributed by atoms with E-state index in [0.717, 1.165) is 11.7 Å². The second-order valence-electron chi connectivity index (χ2n) is 7.22. The Kier molecular flexibility index (Phi) is 9.99. The molecule has 0 N–H and O–H groups in total. The van der Waals surface area contributed by atoms with Crippen LogP contribution in [-0.2, 0) is 19.1 Å². The Morgan fingerprint density at radius 2 is 0.938 bits per heavy atom. The third-order valence-electron chi connectivity index (χ3n) is 5.23. The zero-order chi connectivity index (χ0) is 22.8.